The first-order valence-corrected chi connectivity index (χ1v) is 10.3. The Bertz CT molecular complexity index is 873. The van der Waals surface area contributed by atoms with Crippen molar-refractivity contribution in [2.45, 2.75) is 36.3 Å². The monoisotopic (exact) mass is 383 g/mol. The lowest BCUT2D eigenvalue weighted by Crippen LogP contribution is -2.29. The summed E-state index contributed by atoms with van der Waals surface area (Å²) in [7, 11) is 0. The van der Waals surface area contributed by atoms with Crippen LogP contribution in [0.2, 0.25) is 0 Å². The van der Waals surface area contributed by atoms with Gasteiger partial charge in [0.2, 0.25) is 0 Å². The quantitative estimate of drug-likeness (QED) is 0.351. The molecule has 0 aliphatic carbocycles. The summed E-state index contributed by atoms with van der Waals surface area (Å²) in [6.45, 7) is 4.04. The molecule has 0 aliphatic heterocycles. The van der Waals surface area contributed by atoms with Crippen LogP contribution in [0.3, 0.4) is 0 Å². The van der Waals surface area contributed by atoms with Crippen LogP contribution >= 0.6 is 23.1 Å². The molecule has 0 aliphatic rings. The predicted octanol–water partition coefficient (Wildman–Crippen LogP) is 5.10. The molecule has 6 heteroatoms. The van der Waals surface area contributed by atoms with E-state index < -0.39 is 0 Å². The number of aromatic nitrogens is 1. The van der Waals surface area contributed by atoms with Gasteiger partial charge in [-0.25, -0.2) is 10.4 Å². The first kappa shape index (κ1) is 18.6. The Morgan fingerprint density at radius 2 is 1.88 bits per heavy atom. The van der Waals surface area contributed by atoms with Gasteiger partial charge in [-0.05, 0) is 30.5 Å². The van der Waals surface area contributed by atoms with Gasteiger partial charge in [0.25, 0.3) is 5.91 Å². The van der Waals surface area contributed by atoms with E-state index in [1.165, 1.54) is 11.8 Å². The molecular weight excluding hydrogens is 362 g/mol. The third-order valence-corrected chi connectivity index (χ3v) is 6.42. The maximum Gasteiger partial charge on any atom is 0.253 e. The number of fused-ring (bicyclic) bond motifs is 1. The summed E-state index contributed by atoms with van der Waals surface area (Å²) in [6, 6.07) is 17.9. The number of amides is 1. The molecule has 0 unspecified atom stereocenters. The van der Waals surface area contributed by atoms with E-state index >= 15 is 0 Å². The lowest BCUT2D eigenvalue weighted by molar-refractivity contribution is -0.120. The second-order valence-electron chi connectivity index (χ2n) is 5.72. The molecule has 0 radical (unpaired) electrons. The smallest absolute Gasteiger partial charge is 0.253 e. The van der Waals surface area contributed by atoms with Gasteiger partial charge in [0.05, 0.1) is 21.2 Å². The third kappa shape index (κ3) is 4.51. The number of nitrogens with zero attached hydrogens (tertiary/aromatic N) is 2. The number of hydrogen-bond acceptors (Lipinski definition) is 5. The number of hydrazone groups is 1. The first-order chi connectivity index (χ1) is 12.7. The minimum absolute atomic E-state index is 0.0846. The zero-order valence-electron chi connectivity index (χ0n) is 14.8. The molecule has 1 amide bonds. The average Bonchev–Trinajstić information content (AvgIpc) is 3.09. The molecule has 3 rings (SSSR count). The number of para-hydroxylation sites is 1. The van der Waals surface area contributed by atoms with Gasteiger partial charge in [-0.3, -0.25) is 4.79 Å². The van der Waals surface area contributed by atoms with Crippen molar-refractivity contribution in [1.82, 2.24) is 10.4 Å². The second-order valence-corrected chi connectivity index (χ2v) is 8.20. The number of rotatable bonds is 7. The van der Waals surface area contributed by atoms with Crippen LogP contribution in [0.4, 0.5) is 0 Å². The van der Waals surface area contributed by atoms with Gasteiger partial charge in [-0.1, -0.05) is 68.1 Å². The van der Waals surface area contributed by atoms with Crippen molar-refractivity contribution >= 4 is 44.9 Å². The highest BCUT2D eigenvalue weighted by Gasteiger charge is 2.20. The normalized spacial score (nSPS) is 12.9. The summed E-state index contributed by atoms with van der Waals surface area (Å²) < 4.78 is 2.05. The van der Waals surface area contributed by atoms with E-state index in [2.05, 4.69) is 21.6 Å². The van der Waals surface area contributed by atoms with Crippen molar-refractivity contribution in [2.24, 2.45) is 5.10 Å². The van der Waals surface area contributed by atoms with E-state index in [0.29, 0.717) is 0 Å². The van der Waals surface area contributed by atoms with Gasteiger partial charge in [-0.2, -0.15) is 5.10 Å². The standard InChI is InChI=1S/C20H21N3OS2/c1-3-15(14-10-6-5-7-11-14)22-23-19(24)17(4-2)25-20-21-16-12-8-9-13-18(16)26-20/h5-13,17H,3-4H2,1-2H3,(H,23,24)/b22-15-/t17-/m0/s1. The zero-order valence-corrected chi connectivity index (χ0v) is 16.4. The van der Waals surface area contributed by atoms with Crippen molar-refractivity contribution in [2.75, 3.05) is 0 Å². The molecule has 4 nitrogen and oxygen atoms in total. The summed E-state index contributed by atoms with van der Waals surface area (Å²) in [4.78, 5) is 17.2. The Hall–Kier alpha value is -2.18. The first-order valence-electron chi connectivity index (χ1n) is 8.65. The minimum atomic E-state index is -0.215. The largest absolute Gasteiger partial charge is 0.272 e. The fourth-order valence-electron chi connectivity index (χ4n) is 2.52. The average molecular weight is 384 g/mol. The van der Waals surface area contributed by atoms with E-state index in [0.717, 1.165) is 38.7 Å². The van der Waals surface area contributed by atoms with Crippen LogP contribution in [0.15, 0.2) is 64.0 Å². The van der Waals surface area contributed by atoms with Gasteiger partial charge < -0.3 is 0 Å². The molecular formula is C20H21N3OS2. The van der Waals surface area contributed by atoms with Gasteiger partial charge in [0.15, 0.2) is 4.34 Å². The maximum absolute atomic E-state index is 12.6. The highest BCUT2D eigenvalue weighted by molar-refractivity contribution is 8.02. The van der Waals surface area contributed by atoms with Gasteiger partial charge in [0.1, 0.15) is 0 Å². The number of hydrogen-bond donors (Lipinski definition) is 1. The Morgan fingerprint density at radius 3 is 2.58 bits per heavy atom. The highest BCUT2D eigenvalue weighted by Crippen LogP contribution is 2.33. The predicted molar refractivity (Wildman–Crippen MR) is 111 cm³/mol. The van der Waals surface area contributed by atoms with E-state index in [1.54, 1.807) is 11.3 Å². The molecule has 26 heavy (non-hydrogen) atoms. The molecule has 0 bridgehead atoms. The van der Waals surface area contributed by atoms with E-state index in [9.17, 15) is 4.79 Å². The van der Waals surface area contributed by atoms with Gasteiger partial charge in [0, 0.05) is 0 Å². The highest BCUT2D eigenvalue weighted by atomic mass is 32.2. The molecule has 1 N–H and O–H groups in total. The molecule has 0 fully saturated rings. The summed E-state index contributed by atoms with van der Waals surface area (Å²) in [5.74, 6) is -0.0846. The Morgan fingerprint density at radius 1 is 1.15 bits per heavy atom. The number of carbonyl (C=O) groups excluding carboxylic acids is 1. The fourth-order valence-corrected chi connectivity index (χ4v) is 4.75. The van der Waals surface area contributed by atoms with Crippen LogP contribution in [-0.4, -0.2) is 21.9 Å². The molecule has 1 aromatic heterocycles. The van der Waals surface area contributed by atoms with Gasteiger partial charge in [-0.15, -0.1) is 11.3 Å². The number of benzene rings is 2. The summed E-state index contributed by atoms with van der Waals surface area (Å²) in [6.07, 6.45) is 1.47. The van der Waals surface area contributed by atoms with Crippen LogP contribution in [0.5, 0.6) is 0 Å². The lowest BCUT2D eigenvalue weighted by Gasteiger charge is -2.11. The lowest BCUT2D eigenvalue weighted by atomic mass is 10.1. The van der Waals surface area contributed by atoms with Crippen LogP contribution < -0.4 is 5.43 Å². The number of thiazole rings is 1. The number of carbonyl (C=O) groups is 1. The van der Waals surface area contributed by atoms with E-state index in [-0.39, 0.29) is 11.2 Å². The van der Waals surface area contributed by atoms with Crippen LogP contribution in [0.1, 0.15) is 32.3 Å². The minimum Gasteiger partial charge on any atom is -0.272 e. The number of thioether (sulfide) groups is 1. The van der Waals surface area contributed by atoms with Gasteiger partial charge >= 0.3 is 0 Å². The SMILES string of the molecule is CC/C(=N/NC(=O)[C@H](CC)Sc1nc2ccccc2s1)c1ccccc1. The van der Waals surface area contributed by atoms with Crippen LogP contribution in [-0.2, 0) is 4.79 Å². The summed E-state index contributed by atoms with van der Waals surface area (Å²) in [5, 5.41) is 4.14. The summed E-state index contributed by atoms with van der Waals surface area (Å²) >= 11 is 3.12. The molecule has 2 aromatic carbocycles. The molecule has 0 saturated carbocycles. The molecule has 0 spiro atoms. The molecule has 3 aromatic rings. The maximum atomic E-state index is 12.6. The number of nitrogens with one attached hydrogen (secondary N) is 1. The van der Waals surface area contributed by atoms with E-state index in [1.807, 2.05) is 62.4 Å². The Kier molecular flexibility index (Phi) is 6.41. The van der Waals surface area contributed by atoms with Crippen molar-refractivity contribution in [3.05, 3.63) is 60.2 Å². The Balaban J connectivity index is 1.69. The van der Waals surface area contributed by atoms with Crippen molar-refractivity contribution in [3.63, 3.8) is 0 Å². The van der Waals surface area contributed by atoms with E-state index in [4.69, 9.17) is 0 Å². The van der Waals surface area contributed by atoms with Crippen molar-refractivity contribution in [3.8, 4) is 0 Å². The molecule has 0 saturated heterocycles. The fraction of sp³-hybridized carbons (Fsp3) is 0.250. The summed E-state index contributed by atoms with van der Waals surface area (Å²) in [5.41, 5.74) is 5.62. The Labute approximate surface area is 161 Å². The zero-order chi connectivity index (χ0) is 18.4. The van der Waals surface area contributed by atoms with Crippen LogP contribution in [0, 0.1) is 0 Å². The molecule has 134 valence electrons. The van der Waals surface area contributed by atoms with Crippen LogP contribution in [0.25, 0.3) is 10.2 Å². The molecule has 1 heterocycles. The second kappa shape index (κ2) is 8.96. The third-order valence-electron chi connectivity index (χ3n) is 3.92. The molecule has 1 atom stereocenters. The van der Waals surface area contributed by atoms with Crippen molar-refractivity contribution < 1.29 is 4.79 Å². The van der Waals surface area contributed by atoms with Crippen molar-refractivity contribution in [1.29, 1.82) is 0 Å². The topological polar surface area (TPSA) is 54.4 Å².